The summed E-state index contributed by atoms with van der Waals surface area (Å²) in [4.78, 5) is 11.7. The number of alkyl carbamates (subject to hydrolysis) is 1. The maximum absolute atomic E-state index is 13.9. The average Bonchev–Trinajstić information content (AvgIpc) is 2.35. The number of halogens is 1. The van der Waals surface area contributed by atoms with Gasteiger partial charge in [-0.25, -0.2) is 9.18 Å². The molecule has 0 radical (unpaired) electrons. The maximum atomic E-state index is 13.9. The van der Waals surface area contributed by atoms with Crippen molar-refractivity contribution < 1.29 is 13.9 Å². The van der Waals surface area contributed by atoms with Crippen LogP contribution >= 0.6 is 0 Å². The zero-order valence-corrected chi connectivity index (χ0v) is 15.6. The van der Waals surface area contributed by atoms with Gasteiger partial charge in [0.15, 0.2) is 0 Å². The highest BCUT2D eigenvalue weighted by atomic mass is 28.3. The quantitative estimate of drug-likeness (QED) is 0.492. The van der Waals surface area contributed by atoms with Gasteiger partial charge in [-0.1, -0.05) is 25.6 Å². The molecule has 3 N–H and O–H groups in total. The lowest BCUT2D eigenvalue weighted by Crippen LogP contribution is -2.32. The summed E-state index contributed by atoms with van der Waals surface area (Å²) < 4.78 is 19.1. The Morgan fingerprint density at radius 2 is 1.96 bits per heavy atom. The van der Waals surface area contributed by atoms with Crippen LogP contribution in [0.5, 0.6) is 0 Å². The highest BCUT2D eigenvalue weighted by Gasteiger charge is 2.16. The largest absolute Gasteiger partial charge is 0.444 e. The van der Waals surface area contributed by atoms with Crippen LogP contribution in [0, 0.1) is 17.3 Å². The van der Waals surface area contributed by atoms with Crippen molar-refractivity contribution in [3.63, 3.8) is 0 Å². The molecule has 0 bridgehead atoms. The second-order valence-electron chi connectivity index (χ2n) is 7.39. The number of nitrogens with two attached hydrogens (primary N) is 1. The van der Waals surface area contributed by atoms with Crippen molar-refractivity contribution in [1.29, 1.82) is 0 Å². The van der Waals surface area contributed by atoms with Crippen LogP contribution in [0.15, 0.2) is 12.1 Å². The first-order valence-corrected chi connectivity index (χ1v) is 11.0. The monoisotopic (exact) mass is 336 g/mol. The molecule has 4 nitrogen and oxygen atoms in total. The van der Waals surface area contributed by atoms with Gasteiger partial charge in [0.1, 0.15) is 19.5 Å². The molecule has 0 aliphatic heterocycles. The van der Waals surface area contributed by atoms with E-state index < -0.39 is 25.6 Å². The minimum absolute atomic E-state index is 0.0387. The Labute approximate surface area is 138 Å². The molecule has 0 saturated heterocycles. The van der Waals surface area contributed by atoms with Gasteiger partial charge in [0.2, 0.25) is 0 Å². The van der Waals surface area contributed by atoms with Crippen LogP contribution < -0.4 is 11.1 Å². The minimum atomic E-state index is -1.59. The maximum Gasteiger partial charge on any atom is 0.407 e. The van der Waals surface area contributed by atoms with Crippen molar-refractivity contribution in [3.05, 3.63) is 29.1 Å². The van der Waals surface area contributed by atoms with E-state index in [1.54, 1.807) is 26.8 Å². The van der Waals surface area contributed by atoms with Gasteiger partial charge >= 0.3 is 6.09 Å². The Hall–Kier alpha value is -2.00. The molecule has 0 fully saturated rings. The first-order valence-electron chi connectivity index (χ1n) is 7.45. The molecule has 0 unspecified atom stereocenters. The molecular weight excluding hydrogens is 311 g/mol. The number of benzene rings is 1. The van der Waals surface area contributed by atoms with Crippen LogP contribution in [0.25, 0.3) is 0 Å². The van der Waals surface area contributed by atoms with Gasteiger partial charge in [0, 0.05) is 6.54 Å². The summed E-state index contributed by atoms with van der Waals surface area (Å²) in [6, 6.07) is 3.00. The second kappa shape index (κ2) is 7.05. The number of rotatable bonds is 2. The van der Waals surface area contributed by atoms with Gasteiger partial charge in [0.25, 0.3) is 0 Å². The standard InChI is InChI=1S/C17H25FN2O2Si/c1-17(2,3)22-16(21)20-11-12-9-13(7-8-23(4,5)6)15(19)14(18)10-12/h9-10H,11,19H2,1-6H3,(H,20,21). The Morgan fingerprint density at radius 3 is 2.48 bits per heavy atom. The fourth-order valence-corrected chi connectivity index (χ4v) is 2.13. The van der Waals surface area contributed by atoms with Crippen molar-refractivity contribution in [2.24, 2.45) is 0 Å². The Kier molecular flexibility index (Phi) is 5.84. The van der Waals surface area contributed by atoms with Gasteiger partial charge in [-0.15, -0.1) is 5.54 Å². The third-order valence-electron chi connectivity index (χ3n) is 2.60. The van der Waals surface area contributed by atoms with Crippen LogP contribution in [0.4, 0.5) is 14.9 Å². The molecule has 1 amide bonds. The second-order valence-corrected chi connectivity index (χ2v) is 12.1. The summed E-state index contributed by atoms with van der Waals surface area (Å²) in [5.41, 5.74) is 9.40. The molecule has 0 atom stereocenters. The average molecular weight is 336 g/mol. The third-order valence-corrected chi connectivity index (χ3v) is 3.47. The molecule has 1 aromatic carbocycles. The lowest BCUT2D eigenvalue weighted by atomic mass is 10.1. The molecule has 6 heteroatoms. The number of anilines is 1. The third kappa shape index (κ3) is 7.20. The molecule has 23 heavy (non-hydrogen) atoms. The number of nitrogen functional groups attached to an aromatic ring is 1. The van der Waals surface area contributed by atoms with Crippen molar-refractivity contribution in [2.45, 2.75) is 52.6 Å². The first-order chi connectivity index (χ1) is 10.4. The molecule has 0 heterocycles. The normalized spacial score (nSPS) is 11.4. The van der Waals surface area contributed by atoms with Crippen molar-refractivity contribution >= 4 is 19.9 Å². The van der Waals surface area contributed by atoms with Crippen LogP contribution in [-0.2, 0) is 11.3 Å². The van der Waals surface area contributed by atoms with Gasteiger partial charge in [-0.05, 0) is 38.5 Å². The number of hydrogen-bond acceptors (Lipinski definition) is 3. The van der Waals surface area contributed by atoms with E-state index in [1.807, 2.05) is 0 Å². The van der Waals surface area contributed by atoms with E-state index in [1.165, 1.54) is 6.07 Å². The Morgan fingerprint density at radius 1 is 1.35 bits per heavy atom. The van der Waals surface area contributed by atoms with E-state index >= 15 is 0 Å². The van der Waals surface area contributed by atoms with Gasteiger partial charge in [-0.2, -0.15) is 0 Å². The first kappa shape index (κ1) is 19.0. The Balaban J connectivity index is 2.91. The lowest BCUT2D eigenvalue weighted by Gasteiger charge is -2.19. The smallest absolute Gasteiger partial charge is 0.407 e. The molecule has 126 valence electrons. The predicted octanol–water partition coefficient (Wildman–Crippen LogP) is 3.66. The van der Waals surface area contributed by atoms with E-state index in [2.05, 4.69) is 36.4 Å². The predicted molar refractivity (Wildman–Crippen MR) is 94.1 cm³/mol. The van der Waals surface area contributed by atoms with E-state index in [4.69, 9.17) is 10.5 Å². The van der Waals surface area contributed by atoms with E-state index in [0.29, 0.717) is 11.1 Å². The van der Waals surface area contributed by atoms with Crippen molar-refractivity contribution in [2.75, 3.05) is 5.73 Å². The van der Waals surface area contributed by atoms with Gasteiger partial charge in [0.05, 0.1) is 11.3 Å². The number of nitrogens with one attached hydrogen (secondary N) is 1. The number of carbonyl (C=O) groups excluding carboxylic acids is 1. The van der Waals surface area contributed by atoms with Crippen LogP contribution in [0.2, 0.25) is 19.6 Å². The summed E-state index contributed by atoms with van der Waals surface area (Å²) in [5.74, 6) is 2.43. The fraction of sp³-hybridized carbons (Fsp3) is 0.471. The summed E-state index contributed by atoms with van der Waals surface area (Å²) in [7, 11) is -1.59. The highest BCUT2D eigenvalue weighted by molar-refractivity contribution is 6.83. The SMILES string of the molecule is CC(C)(C)OC(=O)NCc1cc(F)c(N)c(C#C[Si](C)(C)C)c1. The molecule has 1 rings (SSSR count). The molecule has 1 aromatic rings. The molecule has 0 aliphatic carbocycles. The van der Waals surface area contributed by atoms with Crippen LogP contribution in [-0.4, -0.2) is 19.8 Å². The topological polar surface area (TPSA) is 64.3 Å². The van der Waals surface area contributed by atoms with Gasteiger partial charge in [-0.3, -0.25) is 0 Å². The molecule has 0 aromatic heterocycles. The Bertz CT molecular complexity index is 650. The number of amides is 1. The fourth-order valence-electron chi connectivity index (χ4n) is 1.62. The van der Waals surface area contributed by atoms with Crippen molar-refractivity contribution in [3.8, 4) is 11.5 Å². The lowest BCUT2D eigenvalue weighted by molar-refractivity contribution is 0.0523. The van der Waals surface area contributed by atoms with Crippen LogP contribution in [0.3, 0.4) is 0 Å². The van der Waals surface area contributed by atoms with E-state index in [0.717, 1.165) is 0 Å². The molecule has 0 aliphatic rings. The molecule has 0 spiro atoms. The summed E-state index contributed by atoms with van der Waals surface area (Å²) in [6.45, 7) is 11.8. The van der Waals surface area contributed by atoms with E-state index in [9.17, 15) is 9.18 Å². The van der Waals surface area contributed by atoms with Gasteiger partial charge < -0.3 is 15.8 Å². The summed E-state index contributed by atoms with van der Waals surface area (Å²) in [6.07, 6.45) is -0.551. The molecular formula is C17H25FN2O2Si. The van der Waals surface area contributed by atoms with Crippen LogP contribution in [0.1, 0.15) is 31.9 Å². The number of ether oxygens (including phenoxy) is 1. The highest BCUT2D eigenvalue weighted by Crippen LogP contribution is 2.18. The summed E-state index contributed by atoms with van der Waals surface area (Å²) in [5, 5.41) is 2.59. The van der Waals surface area contributed by atoms with E-state index in [-0.39, 0.29) is 12.2 Å². The van der Waals surface area contributed by atoms with Crippen molar-refractivity contribution in [1.82, 2.24) is 5.32 Å². The summed E-state index contributed by atoms with van der Waals surface area (Å²) >= 11 is 0. The molecule has 0 saturated carbocycles. The minimum Gasteiger partial charge on any atom is -0.444 e. The zero-order valence-electron chi connectivity index (χ0n) is 14.6. The zero-order chi connectivity index (χ0) is 17.8. The number of hydrogen-bond donors (Lipinski definition) is 2. The number of carbonyl (C=O) groups is 1.